The fourth-order valence-corrected chi connectivity index (χ4v) is 3.32. The number of aromatic nitrogens is 1. The van der Waals surface area contributed by atoms with Gasteiger partial charge in [0, 0.05) is 44.4 Å². The third-order valence-corrected chi connectivity index (χ3v) is 4.78. The molecule has 0 aliphatic carbocycles. The van der Waals surface area contributed by atoms with Crippen molar-refractivity contribution in [2.45, 2.75) is 13.0 Å². The average molecular weight is 514 g/mol. The molecule has 1 saturated heterocycles. The normalized spacial score (nSPS) is 14.4. The van der Waals surface area contributed by atoms with Crippen molar-refractivity contribution in [2.75, 3.05) is 33.2 Å². The Labute approximate surface area is 188 Å². The molecule has 0 atom stereocenters. The van der Waals surface area contributed by atoms with Crippen LogP contribution in [0.1, 0.15) is 11.3 Å². The minimum absolute atomic E-state index is 0. The zero-order valence-electron chi connectivity index (χ0n) is 15.8. The van der Waals surface area contributed by atoms with Crippen LogP contribution in [-0.4, -0.2) is 59.9 Å². The molecule has 1 aliphatic heterocycles. The third kappa shape index (κ3) is 6.34. The van der Waals surface area contributed by atoms with Crippen molar-refractivity contribution < 1.29 is 4.79 Å². The van der Waals surface area contributed by atoms with E-state index in [2.05, 4.69) is 20.2 Å². The van der Waals surface area contributed by atoms with Gasteiger partial charge in [-0.25, -0.2) is 0 Å². The van der Waals surface area contributed by atoms with Crippen molar-refractivity contribution >= 4 is 47.4 Å². The molecule has 1 aromatic carbocycles. The number of pyridine rings is 1. The van der Waals surface area contributed by atoms with E-state index in [0.29, 0.717) is 31.1 Å². The number of amides is 1. The van der Waals surface area contributed by atoms with Crippen molar-refractivity contribution in [3.05, 3.63) is 64.9 Å². The molecule has 1 N–H and O–H groups in total. The summed E-state index contributed by atoms with van der Waals surface area (Å²) in [5, 5.41) is 4.00. The number of carbonyl (C=O) groups excluding carboxylic acids is 1. The van der Waals surface area contributed by atoms with Crippen molar-refractivity contribution in [1.29, 1.82) is 0 Å². The molecule has 0 spiro atoms. The number of hydrogen-bond donors (Lipinski definition) is 1. The van der Waals surface area contributed by atoms with Crippen LogP contribution >= 0.6 is 35.6 Å². The van der Waals surface area contributed by atoms with Crippen LogP contribution in [0.15, 0.2) is 53.7 Å². The number of benzene rings is 1. The first-order valence-corrected chi connectivity index (χ1v) is 9.41. The van der Waals surface area contributed by atoms with Crippen LogP contribution in [0.2, 0.25) is 5.02 Å². The Morgan fingerprint density at radius 2 is 1.89 bits per heavy atom. The van der Waals surface area contributed by atoms with Gasteiger partial charge in [-0.15, -0.1) is 24.0 Å². The number of hydrogen-bond acceptors (Lipinski definition) is 3. The molecule has 6 nitrogen and oxygen atoms in total. The second-order valence-corrected chi connectivity index (χ2v) is 6.83. The van der Waals surface area contributed by atoms with Crippen LogP contribution in [0.25, 0.3) is 0 Å². The number of nitrogens with one attached hydrogen (secondary N) is 1. The minimum Gasteiger partial charge on any atom is -0.351 e. The molecule has 1 aliphatic rings. The molecule has 0 unspecified atom stereocenters. The Kier molecular flexibility index (Phi) is 8.98. The van der Waals surface area contributed by atoms with Gasteiger partial charge in [-0.3, -0.25) is 14.8 Å². The Balaban J connectivity index is 0.00000280. The monoisotopic (exact) mass is 513 g/mol. The summed E-state index contributed by atoms with van der Waals surface area (Å²) in [5.41, 5.74) is 1.91. The zero-order valence-corrected chi connectivity index (χ0v) is 18.9. The first-order valence-electron chi connectivity index (χ1n) is 9.03. The molecule has 0 bridgehead atoms. The topological polar surface area (TPSA) is 60.8 Å². The molecule has 2 aromatic rings. The Bertz CT molecular complexity index is 794. The lowest BCUT2D eigenvalue weighted by Gasteiger charge is -2.36. The number of guanidine groups is 1. The van der Waals surface area contributed by atoms with Crippen LogP contribution in [0.4, 0.5) is 0 Å². The van der Waals surface area contributed by atoms with Crippen molar-refractivity contribution in [3.8, 4) is 0 Å². The van der Waals surface area contributed by atoms with Gasteiger partial charge >= 0.3 is 0 Å². The highest BCUT2D eigenvalue weighted by molar-refractivity contribution is 14.0. The lowest BCUT2D eigenvalue weighted by atomic mass is 10.1. The maximum Gasteiger partial charge on any atom is 0.227 e. The van der Waals surface area contributed by atoms with E-state index < -0.39 is 0 Å². The second kappa shape index (κ2) is 11.2. The largest absolute Gasteiger partial charge is 0.351 e. The van der Waals surface area contributed by atoms with Gasteiger partial charge in [0.25, 0.3) is 0 Å². The molecular weight excluding hydrogens is 489 g/mol. The summed E-state index contributed by atoms with van der Waals surface area (Å²) >= 11 is 6.00. The van der Waals surface area contributed by atoms with Crippen molar-refractivity contribution in [3.63, 3.8) is 0 Å². The summed E-state index contributed by atoms with van der Waals surface area (Å²) in [6.07, 6.45) is 2.16. The van der Waals surface area contributed by atoms with E-state index >= 15 is 0 Å². The maximum absolute atomic E-state index is 12.5. The highest BCUT2D eigenvalue weighted by Gasteiger charge is 2.23. The first kappa shape index (κ1) is 22.4. The number of carbonyl (C=O) groups is 1. The van der Waals surface area contributed by atoms with Gasteiger partial charge in [0.2, 0.25) is 5.91 Å². The number of halogens is 2. The second-order valence-electron chi connectivity index (χ2n) is 6.40. The van der Waals surface area contributed by atoms with Gasteiger partial charge in [-0.2, -0.15) is 0 Å². The number of piperazine rings is 1. The molecule has 1 fully saturated rings. The summed E-state index contributed by atoms with van der Waals surface area (Å²) in [6, 6.07) is 13.3. The van der Waals surface area contributed by atoms with E-state index in [-0.39, 0.29) is 29.9 Å². The number of aliphatic imine (C=N–C) groups is 1. The van der Waals surface area contributed by atoms with Gasteiger partial charge in [0.1, 0.15) is 0 Å². The third-order valence-electron chi connectivity index (χ3n) is 4.54. The number of nitrogens with zero attached hydrogens (tertiary/aromatic N) is 4. The van der Waals surface area contributed by atoms with Gasteiger partial charge < -0.3 is 15.1 Å². The summed E-state index contributed by atoms with van der Waals surface area (Å²) in [5.74, 6) is 0.968. The lowest BCUT2D eigenvalue weighted by molar-refractivity contribution is -0.131. The Morgan fingerprint density at radius 3 is 2.54 bits per heavy atom. The molecular formula is C20H25ClIN5O. The first-order chi connectivity index (χ1) is 13.2. The molecule has 8 heteroatoms. The molecule has 1 amide bonds. The Hall–Kier alpha value is -1.87. The highest BCUT2D eigenvalue weighted by atomic mass is 127. The minimum atomic E-state index is 0. The van der Waals surface area contributed by atoms with Gasteiger partial charge in [0.05, 0.1) is 18.7 Å². The van der Waals surface area contributed by atoms with E-state index in [1.807, 2.05) is 47.4 Å². The molecule has 150 valence electrons. The summed E-state index contributed by atoms with van der Waals surface area (Å²) < 4.78 is 0. The van der Waals surface area contributed by atoms with E-state index in [1.54, 1.807) is 13.2 Å². The predicted octanol–water partition coefficient (Wildman–Crippen LogP) is 2.82. The molecule has 0 radical (unpaired) electrons. The van der Waals surface area contributed by atoms with E-state index in [0.717, 1.165) is 30.3 Å². The standard InChI is InChI=1S/C20H24ClN5O.HI/c1-22-20(24-15-18-7-2-3-8-23-18)26-11-9-25(10-12-26)19(27)14-16-5-4-6-17(21)13-16;/h2-8,13H,9-12,14-15H2,1H3,(H,22,24);1H. The summed E-state index contributed by atoms with van der Waals surface area (Å²) in [6.45, 7) is 3.50. The molecule has 3 rings (SSSR count). The van der Waals surface area contributed by atoms with Crippen LogP contribution in [-0.2, 0) is 17.8 Å². The fourth-order valence-electron chi connectivity index (χ4n) is 3.11. The quantitative estimate of drug-likeness (QED) is 0.388. The maximum atomic E-state index is 12.5. The van der Waals surface area contributed by atoms with Crippen LogP contribution in [0.5, 0.6) is 0 Å². The fraction of sp³-hybridized carbons (Fsp3) is 0.350. The van der Waals surface area contributed by atoms with E-state index in [4.69, 9.17) is 11.6 Å². The van der Waals surface area contributed by atoms with Crippen LogP contribution in [0.3, 0.4) is 0 Å². The van der Waals surface area contributed by atoms with E-state index in [9.17, 15) is 4.79 Å². The Morgan fingerprint density at radius 1 is 1.14 bits per heavy atom. The summed E-state index contributed by atoms with van der Waals surface area (Å²) in [7, 11) is 1.78. The highest BCUT2D eigenvalue weighted by Crippen LogP contribution is 2.13. The molecule has 2 heterocycles. The van der Waals surface area contributed by atoms with Crippen LogP contribution < -0.4 is 5.32 Å². The number of rotatable bonds is 4. The smallest absolute Gasteiger partial charge is 0.227 e. The SMILES string of the molecule is CN=C(NCc1ccccn1)N1CCN(C(=O)Cc2cccc(Cl)c2)CC1.I. The van der Waals surface area contributed by atoms with Crippen LogP contribution in [0, 0.1) is 0 Å². The van der Waals surface area contributed by atoms with Gasteiger partial charge in [-0.05, 0) is 29.8 Å². The molecule has 1 aromatic heterocycles. The average Bonchev–Trinajstić information content (AvgIpc) is 2.70. The summed E-state index contributed by atoms with van der Waals surface area (Å²) in [4.78, 5) is 25.3. The lowest BCUT2D eigenvalue weighted by Crippen LogP contribution is -2.53. The van der Waals surface area contributed by atoms with Gasteiger partial charge in [-0.1, -0.05) is 29.8 Å². The van der Waals surface area contributed by atoms with E-state index in [1.165, 1.54) is 0 Å². The molecule has 0 saturated carbocycles. The van der Waals surface area contributed by atoms with Crippen molar-refractivity contribution in [2.24, 2.45) is 4.99 Å². The van der Waals surface area contributed by atoms with Gasteiger partial charge in [0.15, 0.2) is 5.96 Å². The zero-order chi connectivity index (χ0) is 19.1. The predicted molar refractivity (Wildman–Crippen MR) is 123 cm³/mol. The van der Waals surface area contributed by atoms with Crippen molar-refractivity contribution in [1.82, 2.24) is 20.1 Å². The molecule has 28 heavy (non-hydrogen) atoms.